The molecule has 0 aliphatic heterocycles. The Morgan fingerprint density at radius 1 is 0.913 bits per heavy atom. The normalized spacial score (nSPS) is 11.9. The van der Waals surface area contributed by atoms with Gasteiger partial charge in [0.1, 0.15) is 5.75 Å². The Morgan fingerprint density at radius 2 is 1.61 bits per heavy atom. The van der Waals surface area contributed by atoms with Crippen LogP contribution in [0.4, 0.5) is 0 Å². The summed E-state index contributed by atoms with van der Waals surface area (Å²) in [7, 11) is 6.81. The van der Waals surface area contributed by atoms with Crippen LogP contribution in [-0.4, -0.2) is 28.4 Å². The van der Waals surface area contributed by atoms with Crippen LogP contribution in [0.3, 0.4) is 0 Å². The van der Waals surface area contributed by atoms with E-state index >= 15 is 0 Å². The second-order valence-electron chi connectivity index (χ2n) is 5.16. The molecule has 0 aliphatic rings. The van der Waals surface area contributed by atoms with Gasteiger partial charge in [0.25, 0.3) is 0 Å². The highest BCUT2D eigenvalue weighted by atomic mass is 35.5. The summed E-state index contributed by atoms with van der Waals surface area (Å²) in [6.45, 7) is 2.08. The van der Waals surface area contributed by atoms with Crippen LogP contribution in [0.5, 0.6) is 17.2 Å². The molecule has 1 unspecified atom stereocenters. The van der Waals surface area contributed by atoms with Gasteiger partial charge in [-0.05, 0) is 49.9 Å². The highest BCUT2D eigenvalue weighted by molar-refractivity contribution is 6.31. The number of halogens is 1. The Balaban J connectivity index is 2.76. The maximum atomic E-state index is 6.18. The minimum Gasteiger partial charge on any atom is -0.496 e. The van der Waals surface area contributed by atoms with E-state index in [1.165, 1.54) is 0 Å². The summed E-state index contributed by atoms with van der Waals surface area (Å²) in [5, 5.41) is 3.87. The summed E-state index contributed by atoms with van der Waals surface area (Å²) in [6.07, 6.45) is 0. The first kappa shape index (κ1) is 17.4. The van der Waals surface area contributed by atoms with Crippen molar-refractivity contribution >= 4 is 11.6 Å². The summed E-state index contributed by atoms with van der Waals surface area (Å²) in [5.41, 5.74) is 2.82. The van der Waals surface area contributed by atoms with Crippen molar-refractivity contribution < 1.29 is 14.2 Å². The zero-order valence-corrected chi connectivity index (χ0v) is 14.8. The summed E-state index contributed by atoms with van der Waals surface area (Å²) in [4.78, 5) is 0. The molecule has 2 aromatic carbocycles. The van der Waals surface area contributed by atoms with Crippen molar-refractivity contribution in [1.29, 1.82) is 0 Å². The summed E-state index contributed by atoms with van der Waals surface area (Å²) < 4.78 is 16.6. The first-order chi connectivity index (χ1) is 11.0. The predicted molar refractivity (Wildman–Crippen MR) is 94.0 cm³/mol. The van der Waals surface area contributed by atoms with Crippen LogP contribution >= 0.6 is 11.6 Å². The van der Waals surface area contributed by atoms with Crippen molar-refractivity contribution in [2.45, 2.75) is 13.0 Å². The van der Waals surface area contributed by atoms with E-state index < -0.39 is 0 Å². The molecular formula is C18H22ClNO3. The number of hydrogen-bond acceptors (Lipinski definition) is 4. The second kappa shape index (κ2) is 7.57. The topological polar surface area (TPSA) is 39.7 Å². The van der Waals surface area contributed by atoms with Crippen LogP contribution < -0.4 is 19.5 Å². The Kier molecular flexibility index (Phi) is 5.74. The van der Waals surface area contributed by atoms with Gasteiger partial charge < -0.3 is 19.5 Å². The van der Waals surface area contributed by atoms with E-state index in [0.717, 1.165) is 22.4 Å². The fraction of sp³-hybridized carbons (Fsp3) is 0.333. The van der Waals surface area contributed by atoms with Gasteiger partial charge in [0, 0.05) is 22.2 Å². The van der Waals surface area contributed by atoms with Gasteiger partial charge in [-0.1, -0.05) is 11.6 Å². The number of nitrogens with one attached hydrogen (secondary N) is 1. The Hall–Kier alpha value is -1.91. The molecule has 0 saturated heterocycles. The van der Waals surface area contributed by atoms with Gasteiger partial charge in [0.05, 0.1) is 21.3 Å². The minimum atomic E-state index is 0.165. The molecule has 0 spiro atoms. The zero-order chi connectivity index (χ0) is 17.0. The minimum absolute atomic E-state index is 0.165. The molecule has 0 amide bonds. The Labute approximate surface area is 142 Å². The van der Waals surface area contributed by atoms with E-state index in [0.29, 0.717) is 16.5 Å². The molecule has 1 atom stereocenters. The molecule has 2 rings (SSSR count). The molecule has 0 aliphatic carbocycles. The lowest BCUT2D eigenvalue weighted by Crippen LogP contribution is -2.12. The van der Waals surface area contributed by atoms with E-state index in [9.17, 15) is 0 Å². The van der Waals surface area contributed by atoms with Gasteiger partial charge >= 0.3 is 0 Å². The number of ether oxygens (including phenoxy) is 3. The van der Waals surface area contributed by atoms with Gasteiger partial charge in [-0.2, -0.15) is 0 Å². The predicted octanol–water partition coefficient (Wildman–Crippen LogP) is 4.31. The molecule has 1 N–H and O–H groups in total. The highest BCUT2D eigenvalue weighted by Crippen LogP contribution is 2.44. The third-order valence-corrected chi connectivity index (χ3v) is 4.12. The quantitative estimate of drug-likeness (QED) is 0.853. The van der Waals surface area contributed by atoms with Gasteiger partial charge in [-0.15, -0.1) is 0 Å². The van der Waals surface area contributed by atoms with Crippen molar-refractivity contribution in [3.63, 3.8) is 0 Å². The maximum absolute atomic E-state index is 6.18. The van der Waals surface area contributed by atoms with Crippen LogP contribution in [0, 0.1) is 0 Å². The second-order valence-corrected chi connectivity index (χ2v) is 5.60. The van der Waals surface area contributed by atoms with E-state index in [1.807, 2.05) is 25.2 Å². The van der Waals surface area contributed by atoms with Crippen LogP contribution in [0.2, 0.25) is 5.02 Å². The average molecular weight is 336 g/mol. The van der Waals surface area contributed by atoms with Gasteiger partial charge in [0.2, 0.25) is 0 Å². The average Bonchev–Trinajstić information content (AvgIpc) is 2.59. The number of benzene rings is 2. The monoisotopic (exact) mass is 335 g/mol. The molecule has 124 valence electrons. The number of hydrogen-bond donors (Lipinski definition) is 1. The SMILES string of the molecule is CNC(C)c1cc(OC)c(OC)c(-c2cc(Cl)ccc2OC)c1. The largest absolute Gasteiger partial charge is 0.496 e. The molecular weight excluding hydrogens is 314 g/mol. The van der Waals surface area contributed by atoms with E-state index in [1.54, 1.807) is 27.4 Å². The lowest BCUT2D eigenvalue weighted by Gasteiger charge is -2.19. The molecule has 0 bridgehead atoms. The van der Waals surface area contributed by atoms with Crippen molar-refractivity contribution in [3.8, 4) is 28.4 Å². The molecule has 4 nitrogen and oxygen atoms in total. The van der Waals surface area contributed by atoms with Gasteiger partial charge in [-0.3, -0.25) is 0 Å². The standard InChI is InChI=1S/C18H22ClNO3/c1-11(20-2)12-8-15(18(23-5)17(9-12)22-4)14-10-13(19)6-7-16(14)21-3/h6-11,20H,1-5H3. The van der Waals surface area contributed by atoms with Crippen molar-refractivity contribution in [2.75, 3.05) is 28.4 Å². The van der Waals surface area contributed by atoms with Gasteiger partial charge in [-0.25, -0.2) is 0 Å². The number of rotatable bonds is 6. The molecule has 5 heteroatoms. The molecule has 0 heterocycles. The summed E-state index contributed by atoms with van der Waals surface area (Å²) in [5.74, 6) is 2.05. The third kappa shape index (κ3) is 3.54. The first-order valence-corrected chi connectivity index (χ1v) is 7.70. The molecule has 0 aromatic heterocycles. The van der Waals surface area contributed by atoms with Gasteiger partial charge in [0.15, 0.2) is 11.5 Å². The third-order valence-electron chi connectivity index (χ3n) is 3.89. The van der Waals surface area contributed by atoms with Crippen LogP contribution in [0.1, 0.15) is 18.5 Å². The Bertz CT molecular complexity index is 688. The van der Waals surface area contributed by atoms with E-state index in [-0.39, 0.29) is 6.04 Å². The van der Waals surface area contributed by atoms with Crippen LogP contribution in [0.25, 0.3) is 11.1 Å². The van der Waals surface area contributed by atoms with Crippen molar-refractivity contribution in [2.24, 2.45) is 0 Å². The summed E-state index contributed by atoms with van der Waals surface area (Å²) >= 11 is 6.18. The maximum Gasteiger partial charge on any atom is 0.168 e. The smallest absolute Gasteiger partial charge is 0.168 e. The highest BCUT2D eigenvalue weighted by Gasteiger charge is 2.19. The fourth-order valence-corrected chi connectivity index (χ4v) is 2.67. The molecule has 0 saturated carbocycles. The zero-order valence-electron chi connectivity index (χ0n) is 14.1. The molecule has 23 heavy (non-hydrogen) atoms. The molecule has 0 fully saturated rings. The molecule has 0 radical (unpaired) electrons. The lowest BCUT2D eigenvalue weighted by atomic mass is 9.97. The van der Waals surface area contributed by atoms with Crippen LogP contribution in [-0.2, 0) is 0 Å². The lowest BCUT2D eigenvalue weighted by molar-refractivity contribution is 0.355. The molecule has 2 aromatic rings. The number of methoxy groups -OCH3 is 3. The van der Waals surface area contributed by atoms with Crippen molar-refractivity contribution in [1.82, 2.24) is 5.32 Å². The van der Waals surface area contributed by atoms with E-state index in [4.69, 9.17) is 25.8 Å². The summed E-state index contributed by atoms with van der Waals surface area (Å²) in [6, 6.07) is 9.72. The fourth-order valence-electron chi connectivity index (χ4n) is 2.49. The van der Waals surface area contributed by atoms with E-state index in [2.05, 4.69) is 18.3 Å². The van der Waals surface area contributed by atoms with Crippen LogP contribution in [0.15, 0.2) is 30.3 Å². The van der Waals surface area contributed by atoms with Crippen molar-refractivity contribution in [3.05, 3.63) is 40.9 Å². The Morgan fingerprint density at radius 3 is 2.17 bits per heavy atom. The first-order valence-electron chi connectivity index (χ1n) is 7.32.